The fourth-order valence-electron chi connectivity index (χ4n) is 4.99. The van der Waals surface area contributed by atoms with Crippen molar-refractivity contribution in [2.45, 2.75) is 6.54 Å². The second-order valence-corrected chi connectivity index (χ2v) is 12.8. The number of thiazole rings is 1. The van der Waals surface area contributed by atoms with Gasteiger partial charge in [-0.25, -0.2) is 23.4 Å². The standard InChI is InChI=1S/C30H24N6O3S2/c1-35-18-34-24-11-8-20(14-25(24)35)30-33-16-22(40-30)17-36(41(2,37)38)21-9-10-23-26(15-21)39-28(19-6-4-3-5-7-19)27(23)29-31-12-13-32-29/h3-16,18H,17H2,1-2H3,(H,31,32). The number of nitrogens with zero attached hydrogens (tertiary/aromatic N) is 5. The van der Waals surface area contributed by atoms with Gasteiger partial charge in [-0.3, -0.25) is 4.31 Å². The predicted molar refractivity (Wildman–Crippen MR) is 162 cm³/mol. The Bertz CT molecular complexity index is 2130. The maximum atomic E-state index is 13.0. The number of H-pyrrole nitrogens is 1. The van der Waals surface area contributed by atoms with E-state index in [4.69, 9.17) is 4.42 Å². The predicted octanol–water partition coefficient (Wildman–Crippen LogP) is 6.47. The minimum atomic E-state index is -3.63. The molecule has 0 unspecified atom stereocenters. The molecule has 9 nitrogen and oxygen atoms in total. The Hall–Kier alpha value is -4.74. The van der Waals surface area contributed by atoms with Crippen molar-refractivity contribution in [1.29, 1.82) is 0 Å². The lowest BCUT2D eigenvalue weighted by Crippen LogP contribution is -2.28. The molecule has 4 aromatic heterocycles. The number of nitrogens with one attached hydrogen (secondary N) is 1. The minimum absolute atomic E-state index is 0.146. The van der Waals surface area contributed by atoms with Crippen LogP contribution in [0.15, 0.2) is 96.1 Å². The Labute approximate surface area is 239 Å². The van der Waals surface area contributed by atoms with Crippen molar-refractivity contribution >= 4 is 49.1 Å². The van der Waals surface area contributed by atoms with Crippen molar-refractivity contribution < 1.29 is 12.8 Å². The van der Waals surface area contributed by atoms with Crippen molar-refractivity contribution in [2.24, 2.45) is 7.05 Å². The molecule has 0 saturated carbocycles. The number of imidazole rings is 2. The molecule has 7 rings (SSSR count). The van der Waals surface area contributed by atoms with Gasteiger partial charge in [0.15, 0.2) is 0 Å². The second kappa shape index (κ2) is 9.72. The van der Waals surface area contributed by atoms with Crippen LogP contribution in [0.2, 0.25) is 0 Å². The van der Waals surface area contributed by atoms with E-state index in [2.05, 4.69) is 19.9 Å². The fourth-order valence-corrected chi connectivity index (χ4v) is 6.83. The highest BCUT2D eigenvalue weighted by Crippen LogP contribution is 2.41. The smallest absolute Gasteiger partial charge is 0.232 e. The third-order valence-corrected chi connectivity index (χ3v) is 9.13. The number of fused-ring (bicyclic) bond motifs is 2. The summed E-state index contributed by atoms with van der Waals surface area (Å²) in [5, 5.41) is 1.65. The molecular formula is C30H24N6O3S2. The van der Waals surface area contributed by atoms with Crippen LogP contribution in [0.3, 0.4) is 0 Å². The first-order valence-electron chi connectivity index (χ1n) is 12.8. The van der Waals surface area contributed by atoms with E-state index in [-0.39, 0.29) is 6.54 Å². The number of aromatic amines is 1. The summed E-state index contributed by atoms with van der Waals surface area (Å²) in [5.41, 5.74) is 5.67. The van der Waals surface area contributed by atoms with Crippen LogP contribution in [0.25, 0.3) is 55.3 Å². The summed E-state index contributed by atoms with van der Waals surface area (Å²) in [5.74, 6) is 1.34. The van der Waals surface area contributed by atoms with E-state index in [1.807, 2.05) is 66.2 Å². The lowest BCUT2D eigenvalue weighted by Gasteiger charge is -2.21. The number of sulfonamides is 1. The van der Waals surface area contributed by atoms with Crippen LogP contribution in [-0.2, 0) is 23.6 Å². The second-order valence-electron chi connectivity index (χ2n) is 9.75. The lowest BCUT2D eigenvalue weighted by molar-refractivity contribution is 0.596. The Morgan fingerprint density at radius 3 is 2.63 bits per heavy atom. The van der Waals surface area contributed by atoms with Gasteiger partial charge < -0.3 is 14.0 Å². The van der Waals surface area contributed by atoms with E-state index >= 15 is 0 Å². The molecule has 4 heterocycles. The number of aryl methyl sites for hydroxylation is 1. The molecule has 0 aliphatic rings. The van der Waals surface area contributed by atoms with Crippen LogP contribution in [-0.4, -0.2) is 39.2 Å². The largest absolute Gasteiger partial charge is 0.455 e. The van der Waals surface area contributed by atoms with Gasteiger partial charge in [0.05, 0.1) is 41.4 Å². The highest BCUT2D eigenvalue weighted by Gasteiger charge is 2.24. The molecule has 0 fully saturated rings. The first-order chi connectivity index (χ1) is 19.8. The summed E-state index contributed by atoms with van der Waals surface area (Å²) < 4.78 is 35.8. The summed E-state index contributed by atoms with van der Waals surface area (Å²) in [7, 11) is -1.67. The molecule has 0 aliphatic carbocycles. The molecule has 0 saturated heterocycles. The fraction of sp³-hybridized carbons (Fsp3) is 0.100. The zero-order valence-corrected chi connectivity index (χ0v) is 23.8. The van der Waals surface area contributed by atoms with Gasteiger partial charge in [-0.2, -0.15) is 0 Å². The average molecular weight is 581 g/mol. The van der Waals surface area contributed by atoms with Crippen LogP contribution in [0, 0.1) is 0 Å². The van der Waals surface area contributed by atoms with Gasteiger partial charge in [0.25, 0.3) is 0 Å². The number of benzene rings is 3. The van der Waals surface area contributed by atoms with Crippen LogP contribution in [0.1, 0.15) is 4.88 Å². The van der Waals surface area contributed by atoms with Gasteiger partial charge in [0.1, 0.15) is 22.2 Å². The number of hydrogen-bond donors (Lipinski definition) is 1. The van der Waals surface area contributed by atoms with Crippen molar-refractivity contribution in [3.05, 3.63) is 96.5 Å². The molecule has 0 aliphatic heterocycles. The third-order valence-electron chi connectivity index (χ3n) is 6.96. The molecule has 0 bridgehead atoms. The van der Waals surface area contributed by atoms with Gasteiger partial charge in [-0.15, -0.1) is 11.3 Å². The van der Waals surface area contributed by atoms with Crippen molar-refractivity contribution in [3.8, 4) is 33.3 Å². The monoisotopic (exact) mass is 580 g/mol. The van der Waals surface area contributed by atoms with Crippen LogP contribution >= 0.6 is 11.3 Å². The van der Waals surface area contributed by atoms with E-state index in [9.17, 15) is 8.42 Å². The summed E-state index contributed by atoms with van der Waals surface area (Å²) >= 11 is 1.47. The van der Waals surface area contributed by atoms with Crippen LogP contribution < -0.4 is 4.31 Å². The Morgan fingerprint density at radius 2 is 1.85 bits per heavy atom. The zero-order chi connectivity index (χ0) is 28.1. The average Bonchev–Trinajstić information content (AvgIpc) is 3.78. The Kier molecular flexibility index (Phi) is 5.98. The first-order valence-corrected chi connectivity index (χ1v) is 15.5. The van der Waals surface area contributed by atoms with Crippen molar-refractivity contribution in [1.82, 2.24) is 24.5 Å². The minimum Gasteiger partial charge on any atom is -0.455 e. The number of furan rings is 1. The Morgan fingerprint density at radius 1 is 1.00 bits per heavy atom. The number of aromatic nitrogens is 5. The van der Waals surface area contributed by atoms with E-state index in [0.29, 0.717) is 22.9 Å². The zero-order valence-electron chi connectivity index (χ0n) is 22.1. The molecule has 0 amide bonds. The molecule has 0 radical (unpaired) electrons. The summed E-state index contributed by atoms with van der Waals surface area (Å²) in [6.45, 7) is 0.146. The molecule has 204 valence electrons. The highest BCUT2D eigenvalue weighted by atomic mass is 32.2. The summed E-state index contributed by atoms with van der Waals surface area (Å²) in [6.07, 6.45) is 8.18. The molecule has 11 heteroatoms. The maximum Gasteiger partial charge on any atom is 0.232 e. The van der Waals surface area contributed by atoms with E-state index < -0.39 is 10.0 Å². The topological polar surface area (TPSA) is 110 Å². The summed E-state index contributed by atoms with van der Waals surface area (Å²) in [4.78, 5) is 17.4. The van der Waals surface area contributed by atoms with Gasteiger partial charge in [0.2, 0.25) is 10.0 Å². The molecular weight excluding hydrogens is 557 g/mol. The normalized spacial score (nSPS) is 12.0. The van der Waals surface area contributed by atoms with E-state index in [0.717, 1.165) is 43.0 Å². The molecule has 7 aromatic rings. The number of anilines is 1. The van der Waals surface area contributed by atoms with Crippen LogP contribution in [0.5, 0.6) is 0 Å². The maximum absolute atomic E-state index is 13.0. The lowest BCUT2D eigenvalue weighted by atomic mass is 10.0. The quantitative estimate of drug-likeness (QED) is 0.232. The van der Waals surface area contributed by atoms with Crippen molar-refractivity contribution in [3.63, 3.8) is 0 Å². The van der Waals surface area contributed by atoms with Crippen molar-refractivity contribution in [2.75, 3.05) is 10.6 Å². The van der Waals surface area contributed by atoms with Gasteiger partial charge in [-0.1, -0.05) is 30.3 Å². The van der Waals surface area contributed by atoms with E-state index in [1.165, 1.54) is 21.9 Å². The van der Waals surface area contributed by atoms with Gasteiger partial charge >= 0.3 is 0 Å². The molecule has 1 N–H and O–H groups in total. The Balaban J connectivity index is 1.27. The third kappa shape index (κ3) is 4.58. The van der Waals surface area contributed by atoms with Gasteiger partial charge in [0, 0.05) is 53.1 Å². The molecule has 0 atom stereocenters. The first kappa shape index (κ1) is 25.2. The van der Waals surface area contributed by atoms with E-state index in [1.54, 1.807) is 37.1 Å². The summed E-state index contributed by atoms with van der Waals surface area (Å²) in [6, 6.07) is 21.2. The van der Waals surface area contributed by atoms with Crippen LogP contribution in [0.4, 0.5) is 5.69 Å². The molecule has 41 heavy (non-hydrogen) atoms. The molecule has 0 spiro atoms. The van der Waals surface area contributed by atoms with Gasteiger partial charge in [-0.05, 0) is 30.3 Å². The number of hydrogen-bond acceptors (Lipinski definition) is 7. The molecule has 3 aromatic carbocycles. The number of rotatable bonds is 7. The highest BCUT2D eigenvalue weighted by molar-refractivity contribution is 7.92. The SMILES string of the molecule is Cn1cnc2ccc(-c3ncc(CN(c4ccc5c(-c6ncc[nH]6)c(-c6ccccc6)oc5c4)S(C)(=O)=O)s3)cc21.